The number of hydrogen-bond donors (Lipinski definition) is 3. The molecule has 210 valence electrons. The molecular weight excluding hydrogens is 509 g/mol. The van der Waals surface area contributed by atoms with Crippen molar-refractivity contribution >= 4 is 12.2 Å². The SMILES string of the molecule is CC(C)(C)OC(=O)NC1(C#N)CC(F)(F)C1.CC(C)(C)OC(=O)NC1(c2nn[nH]n2)CC(F)(F)C1.[2H]CF. The molecule has 0 unspecified atom stereocenters. The van der Waals surface area contributed by atoms with Gasteiger partial charge >= 0.3 is 12.2 Å². The van der Waals surface area contributed by atoms with Crippen LogP contribution < -0.4 is 10.6 Å². The lowest BCUT2D eigenvalue weighted by atomic mass is 9.73. The van der Waals surface area contributed by atoms with Crippen LogP contribution in [0.3, 0.4) is 0 Å². The molecule has 2 fully saturated rings. The van der Waals surface area contributed by atoms with Crippen LogP contribution in [0.25, 0.3) is 0 Å². The molecule has 0 aromatic carbocycles. The second kappa shape index (κ2) is 11.0. The molecule has 3 rings (SSSR count). The average Bonchev–Trinajstić information content (AvgIpc) is 3.17. The van der Waals surface area contributed by atoms with Crippen molar-refractivity contribution in [1.82, 2.24) is 31.3 Å². The van der Waals surface area contributed by atoms with E-state index in [2.05, 4.69) is 31.3 Å². The monoisotopic (exact) mass is 542 g/mol. The molecule has 3 N–H and O–H groups in total. The Hall–Kier alpha value is -3.25. The number of aromatic amines is 1. The van der Waals surface area contributed by atoms with Crippen molar-refractivity contribution in [2.75, 3.05) is 7.15 Å². The van der Waals surface area contributed by atoms with Gasteiger partial charge in [-0.15, -0.1) is 10.2 Å². The highest BCUT2D eigenvalue weighted by atomic mass is 19.3. The third kappa shape index (κ3) is 9.62. The number of alkyl carbamates (subject to hydrolysis) is 2. The van der Waals surface area contributed by atoms with Crippen molar-refractivity contribution in [2.24, 2.45) is 0 Å². The molecule has 0 bridgehead atoms. The van der Waals surface area contributed by atoms with Crippen LogP contribution in [0.15, 0.2) is 0 Å². The van der Waals surface area contributed by atoms with E-state index in [-0.39, 0.29) is 5.82 Å². The van der Waals surface area contributed by atoms with Crippen LogP contribution >= 0.6 is 0 Å². The van der Waals surface area contributed by atoms with Crippen molar-refractivity contribution in [3.8, 4) is 6.07 Å². The summed E-state index contributed by atoms with van der Waals surface area (Å²) in [6.07, 6.45) is -4.08. The van der Waals surface area contributed by atoms with Gasteiger partial charge in [0.2, 0.25) is 0 Å². The largest absolute Gasteiger partial charge is 0.444 e. The van der Waals surface area contributed by atoms with E-state index in [0.29, 0.717) is 0 Å². The zero-order valence-corrected chi connectivity index (χ0v) is 21.3. The second-order valence-electron chi connectivity index (χ2n) is 10.7. The summed E-state index contributed by atoms with van der Waals surface area (Å²) in [7, 11) is -1.00. The van der Waals surface area contributed by atoms with Gasteiger partial charge in [0.1, 0.15) is 22.3 Å². The van der Waals surface area contributed by atoms with E-state index in [0.717, 1.165) is 0 Å². The van der Waals surface area contributed by atoms with Gasteiger partial charge in [-0.2, -0.15) is 10.5 Å². The first-order valence-corrected chi connectivity index (χ1v) is 10.9. The number of nitrogens with one attached hydrogen (secondary N) is 3. The molecule has 2 saturated carbocycles. The van der Waals surface area contributed by atoms with Crippen molar-refractivity contribution in [2.45, 2.75) is 101 Å². The number of rotatable bonds is 3. The van der Waals surface area contributed by atoms with E-state index in [1.54, 1.807) is 47.6 Å². The standard InChI is InChI=1S/C10H15F2N5O2.C10H14F2N2O2.CH3F/c1-8(2,3)19-7(18)13-9(4-10(11,12)5-9)6-14-16-17-15-6;1-8(2,3)16-7(15)14-9(6-13)4-10(11,12)5-9;1-2/h4-5H2,1-3H3,(H,13,18)(H,14,15,16,17);4-5H2,1-3H3,(H,14,15);1H3/i;;1D. The number of aromatic nitrogens is 4. The fourth-order valence-electron chi connectivity index (χ4n) is 3.52. The number of ether oxygens (including phenoxy) is 2. The third-order valence-corrected chi connectivity index (χ3v) is 4.71. The maximum atomic E-state index is 13.1. The predicted molar refractivity (Wildman–Crippen MR) is 118 cm³/mol. The van der Waals surface area contributed by atoms with Crippen molar-refractivity contribution in [3.05, 3.63) is 5.82 Å². The molecule has 2 aliphatic rings. The van der Waals surface area contributed by atoms with E-state index >= 15 is 0 Å². The van der Waals surface area contributed by atoms with Crippen LogP contribution in [0.2, 0.25) is 0 Å². The second-order valence-corrected chi connectivity index (χ2v) is 10.7. The number of amides is 2. The van der Waals surface area contributed by atoms with Gasteiger partial charge in [0.25, 0.3) is 11.8 Å². The van der Waals surface area contributed by atoms with Gasteiger partial charge in [-0.05, 0) is 41.5 Å². The summed E-state index contributed by atoms with van der Waals surface area (Å²) in [6.45, 7) is 10.0. The minimum Gasteiger partial charge on any atom is -0.444 e. The first kappa shape index (κ1) is 30.0. The summed E-state index contributed by atoms with van der Waals surface area (Å²) >= 11 is 0. The zero-order chi connectivity index (χ0) is 29.6. The Morgan fingerprint density at radius 3 is 1.73 bits per heavy atom. The van der Waals surface area contributed by atoms with Crippen LogP contribution in [0, 0.1) is 11.3 Å². The van der Waals surface area contributed by atoms with E-state index in [1.807, 2.05) is 0 Å². The van der Waals surface area contributed by atoms with Crippen molar-refractivity contribution < 1.29 is 42.4 Å². The summed E-state index contributed by atoms with van der Waals surface area (Å²) in [5, 5.41) is 26.2. The number of tetrazole rings is 1. The highest BCUT2D eigenvalue weighted by Crippen LogP contribution is 2.50. The number of H-pyrrole nitrogens is 1. The van der Waals surface area contributed by atoms with E-state index in [9.17, 15) is 31.5 Å². The quantitative estimate of drug-likeness (QED) is 0.482. The first-order valence-electron chi connectivity index (χ1n) is 11.6. The van der Waals surface area contributed by atoms with Gasteiger partial charge in [0, 0.05) is 25.7 Å². The maximum absolute atomic E-state index is 13.1. The first-order chi connectivity index (χ1) is 17.1. The van der Waals surface area contributed by atoms with Crippen LogP contribution in [0.4, 0.5) is 31.5 Å². The lowest BCUT2D eigenvalue weighted by Gasteiger charge is -2.45. The van der Waals surface area contributed by atoms with Gasteiger partial charge < -0.3 is 20.1 Å². The Bertz CT molecular complexity index is 976. The number of alkyl halides is 5. The Balaban J connectivity index is 0.000000349. The van der Waals surface area contributed by atoms with Crippen LogP contribution in [-0.2, 0) is 15.0 Å². The minimum atomic E-state index is -2.87. The van der Waals surface area contributed by atoms with Gasteiger partial charge in [-0.1, -0.05) is 5.21 Å². The lowest BCUT2D eigenvalue weighted by Crippen LogP contribution is -2.61. The summed E-state index contributed by atoms with van der Waals surface area (Å²) in [5.74, 6) is -5.69. The van der Waals surface area contributed by atoms with Crippen molar-refractivity contribution in [3.63, 3.8) is 0 Å². The van der Waals surface area contributed by atoms with Gasteiger partial charge in [-0.25, -0.2) is 27.2 Å². The molecule has 2 amide bonds. The Labute approximate surface area is 212 Å². The van der Waals surface area contributed by atoms with Gasteiger partial charge in [-0.3, -0.25) is 4.39 Å². The molecule has 16 heteroatoms. The average molecular weight is 543 g/mol. The number of nitriles is 1. The third-order valence-electron chi connectivity index (χ3n) is 4.71. The van der Waals surface area contributed by atoms with E-state index in [4.69, 9.17) is 16.1 Å². The molecule has 0 saturated heterocycles. The predicted octanol–water partition coefficient (Wildman–Crippen LogP) is 4.14. The molecule has 0 atom stereocenters. The summed E-state index contributed by atoms with van der Waals surface area (Å²) in [4.78, 5) is 23.0. The molecule has 1 aromatic rings. The van der Waals surface area contributed by atoms with Gasteiger partial charge in [0.05, 0.1) is 14.6 Å². The maximum Gasteiger partial charge on any atom is 0.408 e. The highest BCUT2D eigenvalue weighted by Gasteiger charge is 2.61. The van der Waals surface area contributed by atoms with Crippen molar-refractivity contribution in [1.29, 1.82) is 5.26 Å². The topological polar surface area (TPSA) is 155 Å². The molecule has 2 aliphatic carbocycles. The number of carbonyl (C=O) groups excluding carboxylic acids is 2. The van der Waals surface area contributed by atoms with Crippen LogP contribution in [-0.4, -0.2) is 68.6 Å². The summed E-state index contributed by atoms with van der Waals surface area (Å²) < 4.78 is 77.0. The summed E-state index contributed by atoms with van der Waals surface area (Å²) in [5.41, 5.74) is -4.23. The van der Waals surface area contributed by atoms with Crippen LogP contribution in [0.5, 0.6) is 0 Å². The Morgan fingerprint density at radius 2 is 1.41 bits per heavy atom. The molecule has 37 heavy (non-hydrogen) atoms. The highest BCUT2D eigenvalue weighted by molar-refractivity contribution is 5.70. The molecule has 0 spiro atoms. The molecular formula is C21H32F5N7O4. The molecule has 0 radical (unpaired) electrons. The minimum absolute atomic E-state index is 0.0317. The van der Waals surface area contributed by atoms with Crippen LogP contribution in [0.1, 0.15) is 74.4 Å². The smallest absolute Gasteiger partial charge is 0.408 e. The molecule has 0 aliphatic heterocycles. The Morgan fingerprint density at radius 1 is 0.973 bits per heavy atom. The Kier molecular flexibility index (Phi) is 8.92. The number of nitrogens with zero attached hydrogens (tertiary/aromatic N) is 4. The lowest BCUT2D eigenvalue weighted by molar-refractivity contribution is -0.139. The fourth-order valence-corrected chi connectivity index (χ4v) is 3.52. The zero-order valence-electron chi connectivity index (χ0n) is 22.3. The number of hydrogen-bond acceptors (Lipinski definition) is 8. The van der Waals surface area contributed by atoms with E-state index < -0.39 is 79.1 Å². The molecule has 1 aromatic heterocycles. The molecule has 11 nitrogen and oxygen atoms in total. The number of carbonyl (C=O) groups is 2. The van der Waals surface area contributed by atoms with Gasteiger partial charge in [0.15, 0.2) is 5.82 Å². The molecule has 1 heterocycles. The fraction of sp³-hybridized carbons (Fsp3) is 0.810. The normalized spacial score (nSPS) is 20.3. The van der Waals surface area contributed by atoms with E-state index in [1.165, 1.54) is 0 Å². The number of halogens is 5. The summed E-state index contributed by atoms with van der Waals surface area (Å²) in [6, 6.07) is 1.70.